The van der Waals surface area contributed by atoms with E-state index in [9.17, 15) is 18.0 Å². The van der Waals surface area contributed by atoms with Crippen molar-refractivity contribution in [2.45, 2.75) is 31.1 Å². The van der Waals surface area contributed by atoms with E-state index in [1.165, 1.54) is 0 Å². The second-order valence-electron chi connectivity index (χ2n) is 11.2. The average molecular weight is 661 g/mol. The van der Waals surface area contributed by atoms with E-state index in [1.807, 2.05) is 62.3 Å². The number of rotatable bonds is 12. The summed E-state index contributed by atoms with van der Waals surface area (Å²) >= 11 is 6.02. The summed E-state index contributed by atoms with van der Waals surface area (Å²) in [5, 5.41) is 5.76. The van der Waals surface area contributed by atoms with Gasteiger partial charge in [-0.3, -0.25) is 14.2 Å². The van der Waals surface area contributed by atoms with Gasteiger partial charge in [-0.25, -0.2) is 13.1 Å². The molecule has 11 heteroatoms. The van der Waals surface area contributed by atoms with Gasteiger partial charge in [0.1, 0.15) is 5.75 Å². The van der Waals surface area contributed by atoms with E-state index in [0.717, 1.165) is 22.0 Å². The average Bonchev–Trinajstić information content (AvgIpc) is 3.31. The number of aromatic nitrogens is 1. The van der Waals surface area contributed by atoms with Crippen LogP contribution in [0.3, 0.4) is 0 Å². The zero-order chi connectivity index (χ0) is 33.0. The van der Waals surface area contributed by atoms with Gasteiger partial charge in [0.15, 0.2) is 0 Å². The van der Waals surface area contributed by atoms with E-state index in [-0.39, 0.29) is 29.7 Å². The van der Waals surface area contributed by atoms with Crippen molar-refractivity contribution in [1.29, 1.82) is 0 Å². The Hall–Kier alpha value is -4.38. The van der Waals surface area contributed by atoms with E-state index in [1.54, 1.807) is 54.1 Å². The van der Waals surface area contributed by atoms with Crippen molar-refractivity contribution in [3.63, 3.8) is 0 Å². The van der Waals surface area contributed by atoms with Gasteiger partial charge in [-0.1, -0.05) is 35.9 Å². The van der Waals surface area contributed by atoms with Crippen LogP contribution in [0.4, 0.5) is 5.69 Å². The second-order valence-corrected chi connectivity index (χ2v) is 13.4. The molecule has 46 heavy (non-hydrogen) atoms. The lowest BCUT2D eigenvalue weighted by atomic mass is 10.1. The molecule has 0 aliphatic heterocycles. The molecule has 0 bridgehead atoms. The van der Waals surface area contributed by atoms with Gasteiger partial charge in [-0.2, -0.15) is 0 Å². The molecule has 0 saturated carbocycles. The third-order valence-corrected chi connectivity index (χ3v) is 9.79. The lowest BCUT2D eigenvalue weighted by molar-refractivity contribution is -0.120. The van der Waals surface area contributed by atoms with Crippen LogP contribution in [0.1, 0.15) is 34.5 Å². The van der Waals surface area contributed by atoms with Gasteiger partial charge in [-0.15, -0.1) is 0 Å². The molecule has 0 atom stereocenters. The van der Waals surface area contributed by atoms with Crippen LogP contribution < -0.4 is 19.7 Å². The molecule has 4 aromatic carbocycles. The first kappa shape index (κ1) is 33.0. The van der Waals surface area contributed by atoms with Crippen LogP contribution in [-0.2, 0) is 21.2 Å². The van der Waals surface area contributed by atoms with Crippen LogP contribution in [0, 0.1) is 6.92 Å². The minimum Gasteiger partial charge on any atom is -0.497 e. The molecule has 5 rings (SSSR count). The van der Waals surface area contributed by atoms with Crippen molar-refractivity contribution in [1.82, 2.24) is 14.6 Å². The molecular formula is C35H37ClN4O5S. The molecule has 0 spiro atoms. The summed E-state index contributed by atoms with van der Waals surface area (Å²) in [4.78, 5) is 28.8. The molecule has 0 radical (unpaired) electrons. The second kappa shape index (κ2) is 13.9. The maximum atomic E-state index is 13.5. The Kier molecular flexibility index (Phi) is 10.0. The van der Waals surface area contributed by atoms with Gasteiger partial charge in [-0.05, 0) is 79.9 Å². The van der Waals surface area contributed by atoms with Crippen LogP contribution in [0.25, 0.3) is 21.7 Å². The van der Waals surface area contributed by atoms with E-state index in [2.05, 4.69) is 10.0 Å². The van der Waals surface area contributed by atoms with Crippen LogP contribution >= 0.6 is 11.6 Å². The number of carbonyl (C=O) groups excluding carboxylic acids is 2. The highest BCUT2D eigenvalue weighted by atomic mass is 35.5. The van der Waals surface area contributed by atoms with Crippen LogP contribution in [-0.4, -0.2) is 59.1 Å². The highest BCUT2D eigenvalue weighted by Crippen LogP contribution is 2.32. The van der Waals surface area contributed by atoms with Crippen molar-refractivity contribution in [3.8, 4) is 5.75 Å². The number of nitrogens with one attached hydrogen (secondary N) is 2. The number of carbonyl (C=O) groups is 2. The number of hydrogen-bond donors (Lipinski definition) is 2. The number of fused-ring (bicyclic) bond motifs is 2. The quantitative estimate of drug-likeness (QED) is 0.160. The molecule has 0 fully saturated rings. The van der Waals surface area contributed by atoms with Gasteiger partial charge < -0.3 is 15.0 Å². The highest BCUT2D eigenvalue weighted by Gasteiger charge is 2.22. The maximum Gasteiger partial charge on any atom is 0.262 e. The van der Waals surface area contributed by atoms with E-state index < -0.39 is 10.0 Å². The standard InChI is InChI=1S/C35H37ClN4O5S/c1-23-29(30-21-26(45-4)17-18-32(30)40(23)35(42)24-13-15-25(36)16-14-24)22-34(41)37-19-5-6-20-38-46(43,44)33-12-8-9-27-28(33)10-7-11-31(27)39(2)3/h7-18,21,38H,5-6,19-20,22H2,1-4H3,(H,37,41). The molecule has 1 heterocycles. The van der Waals surface area contributed by atoms with Crippen molar-refractivity contribution < 1.29 is 22.7 Å². The minimum absolute atomic E-state index is 0.0685. The summed E-state index contributed by atoms with van der Waals surface area (Å²) in [6.45, 7) is 2.44. The lowest BCUT2D eigenvalue weighted by Gasteiger charge is -2.17. The molecule has 5 aromatic rings. The van der Waals surface area contributed by atoms with Gasteiger partial charge in [0, 0.05) is 65.3 Å². The van der Waals surface area contributed by atoms with Crippen LogP contribution in [0.15, 0.2) is 83.8 Å². The number of hydrogen-bond acceptors (Lipinski definition) is 6. The van der Waals surface area contributed by atoms with Gasteiger partial charge in [0.05, 0.1) is 23.9 Å². The van der Waals surface area contributed by atoms with Crippen molar-refractivity contribution in [2.24, 2.45) is 0 Å². The molecule has 240 valence electrons. The smallest absolute Gasteiger partial charge is 0.262 e. The fourth-order valence-corrected chi connectivity index (χ4v) is 7.09. The Morgan fingerprint density at radius 1 is 0.891 bits per heavy atom. The zero-order valence-electron chi connectivity index (χ0n) is 26.3. The molecule has 0 aliphatic carbocycles. The number of ether oxygens (including phenoxy) is 1. The topological polar surface area (TPSA) is 110 Å². The largest absolute Gasteiger partial charge is 0.497 e. The summed E-state index contributed by atoms with van der Waals surface area (Å²) in [5.74, 6) is 0.200. The first-order chi connectivity index (χ1) is 22.0. The predicted octanol–water partition coefficient (Wildman–Crippen LogP) is 5.94. The van der Waals surface area contributed by atoms with Crippen molar-refractivity contribution in [3.05, 3.63) is 101 Å². The summed E-state index contributed by atoms with van der Waals surface area (Å²) < 4.78 is 36.1. The number of amides is 1. The third kappa shape index (κ3) is 6.89. The number of anilines is 1. The van der Waals surface area contributed by atoms with Gasteiger partial charge >= 0.3 is 0 Å². The fourth-order valence-electron chi connectivity index (χ4n) is 5.67. The SMILES string of the molecule is COc1ccc2c(c1)c(CC(=O)NCCCCNS(=O)(=O)c1cccc3c(N(C)C)cccc13)c(C)n2C(=O)c1ccc(Cl)cc1. The van der Waals surface area contributed by atoms with Crippen molar-refractivity contribution >= 4 is 60.8 Å². The Morgan fingerprint density at radius 2 is 1.59 bits per heavy atom. The van der Waals surface area contributed by atoms with E-state index in [0.29, 0.717) is 52.3 Å². The summed E-state index contributed by atoms with van der Waals surface area (Å²) in [6, 6.07) is 23.0. The Morgan fingerprint density at radius 3 is 2.30 bits per heavy atom. The first-order valence-corrected chi connectivity index (χ1v) is 16.8. The Balaban J connectivity index is 1.21. The number of halogens is 1. The number of sulfonamides is 1. The molecule has 9 nitrogen and oxygen atoms in total. The molecule has 0 unspecified atom stereocenters. The molecule has 0 aliphatic rings. The summed E-state index contributed by atoms with van der Waals surface area (Å²) in [5.41, 5.74) is 3.49. The van der Waals surface area contributed by atoms with E-state index in [4.69, 9.17) is 16.3 Å². The van der Waals surface area contributed by atoms with Crippen molar-refractivity contribution in [2.75, 3.05) is 39.2 Å². The number of benzene rings is 4. The first-order valence-electron chi connectivity index (χ1n) is 15.0. The fraction of sp³-hybridized carbons (Fsp3) is 0.257. The number of methoxy groups -OCH3 is 1. The molecular weight excluding hydrogens is 624 g/mol. The predicted molar refractivity (Wildman–Crippen MR) is 184 cm³/mol. The third-order valence-electron chi connectivity index (χ3n) is 8.02. The highest BCUT2D eigenvalue weighted by molar-refractivity contribution is 7.89. The lowest BCUT2D eigenvalue weighted by Crippen LogP contribution is -2.28. The summed E-state index contributed by atoms with van der Waals surface area (Å²) in [6.07, 6.45) is 1.19. The monoisotopic (exact) mass is 660 g/mol. The minimum atomic E-state index is -3.73. The van der Waals surface area contributed by atoms with E-state index >= 15 is 0 Å². The van der Waals surface area contributed by atoms with Crippen LogP contribution in [0.2, 0.25) is 5.02 Å². The normalized spacial score (nSPS) is 11.6. The Labute approximate surface area is 274 Å². The van der Waals surface area contributed by atoms with Crippen LogP contribution in [0.5, 0.6) is 5.75 Å². The number of unbranched alkanes of at least 4 members (excludes halogenated alkanes) is 1. The van der Waals surface area contributed by atoms with Gasteiger partial charge in [0.2, 0.25) is 15.9 Å². The number of nitrogens with zero attached hydrogens (tertiary/aromatic N) is 2. The Bertz CT molecular complexity index is 2020. The molecule has 1 aromatic heterocycles. The van der Waals surface area contributed by atoms with Gasteiger partial charge in [0.25, 0.3) is 5.91 Å². The molecule has 0 saturated heterocycles. The molecule has 1 amide bonds. The maximum absolute atomic E-state index is 13.5. The molecule has 2 N–H and O–H groups in total. The zero-order valence-corrected chi connectivity index (χ0v) is 27.8. The summed E-state index contributed by atoms with van der Waals surface area (Å²) in [7, 11) is 1.68.